The molecule has 0 unspecified atom stereocenters. The molecule has 1 aromatic carbocycles. The summed E-state index contributed by atoms with van der Waals surface area (Å²) < 4.78 is 26.0. The molecule has 0 aliphatic rings. The molecule has 2 rings (SSSR count). The monoisotopic (exact) mass is 285 g/mol. The predicted molar refractivity (Wildman–Crippen MR) is 63.7 cm³/mol. The third-order valence-corrected chi connectivity index (χ3v) is 3.33. The van der Waals surface area contributed by atoms with E-state index in [0.717, 1.165) is 0 Å². The normalized spacial score (nSPS) is 10.4. The number of hydrogen-bond acceptors (Lipinski definition) is 5. The van der Waals surface area contributed by atoms with Crippen LogP contribution in [0.4, 0.5) is 11.6 Å². The van der Waals surface area contributed by atoms with E-state index in [1.807, 2.05) is 0 Å². The molecule has 0 amide bonds. The van der Waals surface area contributed by atoms with Crippen molar-refractivity contribution in [1.82, 2.24) is 9.97 Å². The fraction of sp³-hybridized carbons (Fsp3) is 0. The highest BCUT2D eigenvalue weighted by molar-refractivity contribution is 7.92. The lowest BCUT2D eigenvalue weighted by molar-refractivity contribution is -0.00000607. The lowest BCUT2D eigenvalue weighted by atomic mass is 10.3. The van der Waals surface area contributed by atoms with Crippen molar-refractivity contribution in [1.29, 1.82) is 0 Å². The molecular formula is C10H10ClN4O2S-. The molecule has 2 aromatic rings. The van der Waals surface area contributed by atoms with Crippen molar-refractivity contribution < 1.29 is 20.8 Å². The molecule has 0 spiro atoms. The van der Waals surface area contributed by atoms with E-state index < -0.39 is 10.0 Å². The quantitative estimate of drug-likeness (QED) is 0.628. The highest BCUT2D eigenvalue weighted by Gasteiger charge is 2.14. The van der Waals surface area contributed by atoms with Crippen LogP contribution < -0.4 is 22.9 Å². The number of benzene rings is 1. The molecule has 0 fully saturated rings. The van der Waals surface area contributed by atoms with Crippen LogP contribution in [0, 0.1) is 0 Å². The average molecular weight is 286 g/mol. The summed E-state index contributed by atoms with van der Waals surface area (Å²) in [5, 5.41) is 0. The first-order chi connectivity index (χ1) is 8.08. The minimum atomic E-state index is -3.66. The van der Waals surface area contributed by atoms with Gasteiger partial charge in [0.05, 0.1) is 4.90 Å². The van der Waals surface area contributed by atoms with E-state index in [0.29, 0.717) is 5.69 Å². The Morgan fingerprint density at radius 2 is 1.61 bits per heavy atom. The van der Waals surface area contributed by atoms with Crippen molar-refractivity contribution in [2.45, 2.75) is 4.90 Å². The smallest absolute Gasteiger partial charge is 0.264 e. The first kappa shape index (κ1) is 14.2. The van der Waals surface area contributed by atoms with E-state index in [1.54, 1.807) is 6.07 Å². The number of sulfonamides is 1. The van der Waals surface area contributed by atoms with Crippen molar-refractivity contribution in [3.05, 3.63) is 42.7 Å². The van der Waals surface area contributed by atoms with Crippen molar-refractivity contribution in [2.75, 3.05) is 10.5 Å². The molecule has 0 bridgehead atoms. The second-order valence-corrected chi connectivity index (χ2v) is 4.93. The number of nitrogens with zero attached hydrogens (tertiary/aromatic N) is 2. The van der Waals surface area contributed by atoms with Crippen LogP contribution in [0.15, 0.2) is 47.6 Å². The van der Waals surface area contributed by atoms with Gasteiger partial charge in [0.15, 0.2) is 0 Å². The number of rotatable bonds is 3. The van der Waals surface area contributed by atoms with Gasteiger partial charge in [0, 0.05) is 18.1 Å². The Morgan fingerprint density at radius 1 is 1.06 bits per heavy atom. The zero-order chi connectivity index (χ0) is 12.3. The minimum absolute atomic E-state index is 0. The number of nitrogens with one attached hydrogen (secondary N) is 1. The Morgan fingerprint density at radius 3 is 2.17 bits per heavy atom. The van der Waals surface area contributed by atoms with E-state index in [1.165, 1.54) is 36.7 Å². The molecule has 0 aliphatic carbocycles. The van der Waals surface area contributed by atoms with E-state index in [2.05, 4.69) is 14.7 Å². The lowest BCUT2D eigenvalue weighted by Crippen LogP contribution is -3.00. The van der Waals surface area contributed by atoms with Crippen molar-refractivity contribution in [2.24, 2.45) is 0 Å². The van der Waals surface area contributed by atoms with E-state index in [-0.39, 0.29) is 23.3 Å². The van der Waals surface area contributed by atoms with Crippen molar-refractivity contribution in [3.63, 3.8) is 0 Å². The van der Waals surface area contributed by atoms with Gasteiger partial charge in [0.1, 0.15) is 0 Å². The molecule has 3 N–H and O–H groups in total. The molecule has 0 atom stereocenters. The molecular weight excluding hydrogens is 276 g/mol. The third-order valence-electron chi connectivity index (χ3n) is 1.98. The van der Waals surface area contributed by atoms with E-state index in [9.17, 15) is 8.42 Å². The Labute approximate surface area is 111 Å². The van der Waals surface area contributed by atoms with Crippen LogP contribution in [0.5, 0.6) is 0 Å². The maximum atomic E-state index is 11.9. The fourth-order valence-electron chi connectivity index (χ4n) is 1.18. The van der Waals surface area contributed by atoms with Crippen LogP contribution >= 0.6 is 0 Å². The van der Waals surface area contributed by atoms with Crippen LogP contribution in [-0.4, -0.2) is 18.4 Å². The SMILES string of the molecule is Nc1ccc(S(=O)(=O)Nc2ncccn2)cc1.[Cl-]. The van der Waals surface area contributed by atoms with Gasteiger partial charge in [-0.05, 0) is 30.3 Å². The molecule has 96 valence electrons. The molecule has 0 saturated heterocycles. The third kappa shape index (κ3) is 3.31. The van der Waals surface area contributed by atoms with Gasteiger partial charge >= 0.3 is 0 Å². The summed E-state index contributed by atoms with van der Waals surface area (Å²) in [6, 6.07) is 7.46. The largest absolute Gasteiger partial charge is 1.00 e. The number of hydrogen-bond donors (Lipinski definition) is 2. The second-order valence-electron chi connectivity index (χ2n) is 3.25. The summed E-state index contributed by atoms with van der Waals surface area (Å²) in [5.74, 6) is 0.0318. The molecule has 1 heterocycles. The van der Waals surface area contributed by atoms with Gasteiger partial charge in [0.25, 0.3) is 10.0 Å². The summed E-state index contributed by atoms with van der Waals surface area (Å²) in [7, 11) is -3.66. The van der Waals surface area contributed by atoms with Crippen molar-refractivity contribution in [3.8, 4) is 0 Å². The predicted octanol–water partition coefficient (Wildman–Crippen LogP) is -2.14. The highest BCUT2D eigenvalue weighted by Crippen LogP contribution is 2.14. The zero-order valence-corrected chi connectivity index (χ0v) is 10.7. The van der Waals surface area contributed by atoms with Gasteiger partial charge in [-0.2, -0.15) is 0 Å². The molecule has 18 heavy (non-hydrogen) atoms. The first-order valence-electron chi connectivity index (χ1n) is 4.73. The topological polar surface area (TPSA) is 98.0 Å². The molecule has 0 aliphatic heterocycles. The Bertz CT molecular complexity index is 602. The minimum Gasteiger partial charge on any atom is -1.00 e. The number of nitrogens with two attached hydrogens (primary N) is 1. The van der Waals surface area contributed by atoms with Gasteiger partial charge in [0.2, 0.25) is 5.95 Å². The van der Waals surface area contributed by atoms with Gasteiger partial charge in [-0.3, -0.25) is 0 Å². The fourth-order valence-corrected chi connectivity index (χ4v) is 2.14. The molecule has 0 radical (unpaired) electrons. The summed E-state index contributed by atoms with van der Waals surface area (Å²) >= 11 is 0. The Balaban J connectivity index is 0.00000162. The lowest BCUT2D eigenvalue weighted by Gasteiger charge is -2.05. The van der Waals surface area contributed by atoms with E-state index >= 15 is 0 Å². The van der Waals surface area contributed by atoms with E-state index in [4.69, 9.17) is 5.73 Å². The van der Waals surface area contributed by atoms with Crippen LogP contribution in [0.2, 0.25) is 0 Å². The van der Waals surface area contributed by atoms with Gasteiger partial charge in [-0.25, -0.2) is 23.1 Å². The van der Waals surface area contributed by atoms with Crippen LogP contribution in [0.25, 0.3) is 0 Å². The summed E-state index contributed by atoms with van der Waals surface area (Å²) in [5.41, 5.74) is 5.98. The van der Waals surface area contributed by atoms with Crippen LogP contribution in [0.3, 0.4) is 0 Å². The summed E-state index contributed by atoms with van der Waals surface area (Å²) in [6.45, 7) is 0. The van der Waals surface area contributed by atoms with Crippen LogP contribution in [-0.2, 0) is 10.0 Å². The van der Waals surface area contributed by atoms with Gasteiger partial charge in [-0.1, -0.05) is 0 Å². The van der Waals surface area contributed by atoms with Gasteiger partial charge < -0.3 is 18.1 Å². The molecule has 6 nitrogen and oxygen atoms in total. The number of anilines is 2. The summed E-state index contributed by atoms with van der Waals surface area (Å²) in [6.07, 6.45) is 2.90. The van der Waals surface area contributed by atoms with Gasteiger partial charge in [-0.15, -0.1) is 0 Å². The molecule has 8 heteroatoms. The standard InChI is InChI=1S/C10H10N4O2S.ClH/c11-8-2-4-9(5-3-8)17(15,16)14-10-12-6-1-7-13-10;/h1-7H,11H2,(H,12,13,14);1H/p-1. The second kappa shape index (κ2) is 5.65. The highest BCUT2D eigenvalue weighted by atomic mass is 35.5. The van der Waals surface area contributed by atoms with Crippen LogP contribution in [0.1, 0.15) is 0 Å². The Kier molecular flexibility index (Phi) is 4.46. The molecule has 1 aromatic heterocycles. The van der Waals surface area contributed by atoms with Crippen molar-refractivity contribution >= 4 is 21.7 Å². The maximum absolute atomic E-state index is 11.9. The first-order valence-corrected chi connectivity index (χ1v) is 6.22. The average Bonchev–Trinajstić information content (AvgIpc) is 2.30. The Hall–Kier alpha value is -1.86. The zero-order valence-electron chi connectivity index (χ0n) is 9.12. The maximum Gasteiger partial charge on any atom is 0.264 e. The number of halogens is 1. The number of nitrogen functional groups attached to an aromatic ring is 1. The molecule has 0 saturated carbocycles. The number of aromatic nitrogens is 2. The summed E-state index contributed by atoms with van der Waals surface area (Å²) in [4.78, 5) is 7.67.